The molecule has 300 valence electrons. The van der Waals surface area contributed by atoms with Crippen molar-refractivity contribution in [1.29, 1.82) is 5.26 Å². The second-order valence-electron chi connectivity index (χ2n) is 14.2. The van der Waals surface area contributed by atoms with E-state index in [0.717, 1.165) is 16.7 Å². The number of benzene rings is 4. The summed E-state index contributed by atoms with van der Waals surface area (Å²) >= 11 is 6.42. The Bertz CT molecular complexity index is 2210. The predicted octanol–water partition coefficient (Wildman–Crippen LogP) is 8.32. The zero-order chi connectivity index (χ0) is 40.7. The molecule has 14 heteroatoms. The van der Waals surface area contributed by atoms with Gasteiger partial charge >= 0.3 is 5.69 Å². The number of aromatic nitrogens is 2. The van der Waals surface area contributed by atoms with Gasteiger partial charge in [-0.2, -0.15) is 5.26 Å². The van der Waals surface area contributed by atoms with E-state index in [0.29, 0.717) is 22.0 Å². The van der Waals surface area contributed by atoms with Crippen LogP contribution in [0.15, 0.2) is 107 Å². The van der Waals surface area contributed by atoms with Crippen LogP contribution in [0.2, 0.25) is 5.02 Å². The molecule has 5 aromatic rings. The number of fused-ring (bicyclic) bond motifs is 1. The Balaban J connectivity index is 1.48. The largest absolute Gasteiger partial charge is 0.497 e. The molecule has 1 fully saturated rings. The molecule has 1 unspecified atom stereocenters. The minimum atomic E-state index is -1.72. The molecule has 1 saturated heterocycles. The number of ether oxygens (including phenoxy) is 4. The van der Waals surface area contributed by atoms with Gasteiger partial charge in [0.05, 0.1) is 56.9 Å². The molecule has 12 nitrogen and oxygen atoms in total. The van der Waals surface area contributed by atoms with Crippen molar-refractivity contribution in [2.24, 2.45) is 0 Å². The highest BCUT2D eigenvalue weighted by Gasteiger charge is 2.45. The molecule has 1 N–H and O–H groups in total. The van der Waals surface area contributed by atoms with Gasteiger partial charge in [-0.05, 0) is 86.8 Å². The van der Waals surface area contributed by atoms with E-state index >= 15 is 0 Å². The molecule has 0 aliphatic carbocycles. The lowest BCUT2D eigenvalue weighted by atomic mass is 9.80. The topological polar surface area (TPSA) is 137 Å². The van der Waals surface area contributed by atoms with Crippen LogP contribution in [0.25, 0.3) is 10.9 Å². The summed E-state index contributed by atoms with van der Waals surface area (Å²) in [5.74, 6) is 1.38. The number of H-pyrrole nitrogens is 1. The maximum Gasteiger partial charge on any atom is 0.330 e. The summed E-state index contributed by atoms with van der Waals surface area (Å²) in [6.07, 6.45) is -1.92. The Morgan fingerprint density at radius 2 is 1.51 bits per heavy atom. The number of methoxy groups -OCH3 is 2. The molecule has 1 aromatic heterocycles. The molecule has 0 saturated carbocycles. The minimum absolute atomic E-state index is 0.00433. The molecule has 0 spiro atoms. The van der Waals surface area contributed by atoms with Crippen LogP contribution in [0.5, 0.6) is 11.5 Å². The summed E-state index contributed by atoms with van der Waals surface area (Å²) in [5, 5.41) is 10.0. The third-order valence-electron chi connectivity index (χ3n) is 9.90. The van der Waals surface area contributed by atoms with E-state index in [9.17, 15) is 14.9 Å². The van der Waals surface area contributed by atoms with Crippen molar-refractivity contribution in [3.8, 4) is 17.6 Å². The molecule has 0 bridgehead atoms. The van der Waals surface area contributed by atoms with Crippen molar-refractivity contribution in [3.63, 3.8) is 0 Å². The second-order valence-corrected chi connectivity index (χ2v) is 16.0. The lowest BCUT2D eigenvalue weighted by Gasteiger charge is -2.39. The van der Waals surface area contributed by atoms with Crippen molar-refractivity contribution < 1.29 is 28.0 Å². The molecular weight excluding hydrogens is 767 g/mol. The predicted molar refractivity (Wildman–Crippen MR) is 221 cm³/mol. The van der Waals surface area contributed by atoms with E-state index in [1.807, 2.05) is 78.9 Å². The fourth-order valence-electron chi connectivity index (χ4n) is 7.33. The first-order valence-corrected chi connectivity index (χ1v) is 20.3. The van der Waals surface area contributed by atoms with Gasteiger partial charge in [0, 0.05) is 23.5 Å². The van der Waals surface area contributed by atoms with Crippen LogP contribution in [0.1, 0.15) is 63.5 Å². The Hall–Kier alpha value is -4.57. The summed E-state index contributed by atoms with van der Waals surface area (Å²) in [7, 11) is 1.52. The average molecular weight is 815 g/mol. The zero-order valence-corrected chi connectivity index (χ0v) is 34.5. The quantitative estimate of drug-likeness (QED) is 0.0554. The van der Waals surface area contributed by atoms with Crippen LogP contribution in [-0.2, 0) is 24.1 Å². The maximum absolute atomic E-state index is 13.7. The van der Waals surface area contributed by atoms with Crippen molar-refractivity contribution in [2.45, 2.75) is 76.7 Å². The number of hydrogen-bond acceptors (Lipinski definition) is 10. The molecule has 0 amide bonds. The van der Waals surface area contributed by atoms with Gasteiger partial charge in [-0.3, -0.25) is 14.3 Å². The monoisotopic (exact) mass is 814 g/mol. The van der Waals surface area contributed by atoms with Crippen molar-refractivity contribution in [3.05, 3.63) is 140 Å². The fourth-order valence-corrected chi connectivity index (χ4v) is 9.25. The van der Waals surface area contributed by atoms with Gasteiger partial charge in [0.15, 0.2) is 0 Å². The molecule has 4 aromatic carbocycles. The SMILES string of the molecule is COc1ccc(C(OC[C@H]2O[C@@H](n3c(=O)[nH]c(=O)c4ccc(Cl)cc43)C[C@@H]2OP(OCCC#N)N(C(C)C)C(C)C)(c2ccccc2)c2ccc(OC)cc2)cc1. The van der Waals surface area contributed by atoms with Crippen LogP contribution in [0.4, 0.5) is 0 Å². The van der Waals surface area contributed by atoms with Gasteiger partial charge in [0.1, 0.15) is 29.4 Å². The highest BCUT2D eigenvalue weighted by molar-refractivity contribution is 7.44. The van der Waals surface area contributed by atoms with E-state index in [-0.39, 0.29) is 43.5 Å². The van der Waals surface area contributed by atoms with Crippen LogP contribution >= 0.6 is 20.1 Å². The number of nitrogens with zero attached hydrogens (tertiary/aromatic N) is 3. The highest BCUT2D eigenvalue weighted by atomic mass is 35.5. The van der Waals surface area contributed by atoms with Crippen LogP contribution in [0, 0.1) is 11.3 Å². The summed E-state index contributed by atoms with van der Waals surface area (Å²) in [5.41, 5.74) is 0.506. The van der Waals surface area contributed by atoms with Gasteiger partial charge in [0.25, 0.3) is 14.1 Å². The minimum Gasteiger partial charge on any atom is -0.497 e. The average Bonchev–Trinajstić information content (AvgIpc) is 3.60. The van der Waals surface area contributed by atoms with E-state index in [1.165, 1.54) is 4.57 Å². The fraction of sp³-hybridized carbons (Fsp3) is 0.372. The Morgan fingerprint density at radius 1 is 0.912 bits per heavy atom. The third kappa shape index (κ3) is 9.11. The summed E-state index contributed by atoms with van der Waals surface area (Å²) in [6.45, 7) is 8.42. The molecule has 4 atom stereocenters. The third-order valence-corrected chi connectivity index (χ3v) is 12.3. The number of nitriles is 1. The zero-order valence-electron chi connectivity index (χ0n) is 32.9. The highest BCUT2D eigenvalue weighted by Crippen LogP contribution is 2.51. The lowest BCUT2D eigenvalue weighted by Crippen LogP contribution is -2.39. The molecule has 6 rings (SSSR count). The first-order valence-electron chi connectivity index (χ1n) is 18.8. The van der Waals surface area contributed by atoms with E-state index in [2.05, 4.69) is 43.4 Å². The summed E-state index contributed by atoms with van der Waals surface area (Å²) in [4.78, 5) is 29.0. The number of nitrogens with one attached hydrogen (secondary N) is 1. The van der Waals surface area contributed by atoms with Crippen molar-refractivity contribution in [1.82, 2.24) is 14.2 Å². The molecule has 1 aliphatic rings. The van der Waals surface area contributed by atoms with Gasteiger partial charge in [-0.1, -0.05) is 66.2 Å². The first-order chi connectivity index (χ1) is 27.5. The van der Waals surface area contributed by atoms with Crippen molar-refractivity contribution in [2.75, 3.05) is 27.4 Å². The molecule has 57 heavy (non-hydrogen) atoms. The standard InChI is InChI=1S/C43H48ClN4O8P/c1-28(2)48(29(3)4)57(54-24-10-23-45)56-38-26-40(47-37-25-33(44)17-22-36(37)41(49)46-42(47)50)55-39(38)27-53-43(30-11-8-7-9-12-30,31-13-18-34(51-5)19-14-31)32-15-20-35(52-6)21-16-32/h7-9,11-22,25,28-29,38-40H,10,24,26-27H2,1-6H3,(H,46,49,50)/t38-,39+,40+,57?/m0/s1. The van der Waals surface area contributed by atoms with Crippen LogP contribution in [0.3, 0.4) is 0 Å². The van der Waals surface area contributed by atoms with E-state index in [4.69, 9.17) is 39.6 Å². The summed E-state index contributed by atoms with van der Waals surface area (Å²) in [6, 6.07) is 32.4. The van der Waals surface area contributed by atoms with Gasteiger partial charge in [-0.25, -0.2) is 9.46 Å². The van der Waals surface area contributed by atoms with Crippen molar-refractivity contribution >= 4 is 31.0 Å². The second kappa shape index (κ2) is 18.8. The molecular formula is C43H48ClN4O8P. The molecule has 2 heterocycles. The lowest BCUT2D eigenvalue weighted by molar-refractivity contribution is -0.0917. The van der Waals surface area contributed by atoms with Gasteiger partial charge in [-0.15, -0.1) is 0 Å². The normalized spacial score (nSPS) is 17.7. The Labute approximate surface area is 338 Å². The van der Waals surface area contributed by atoms with Gasteiger partial charge in [0.2, 0.25) is 0 Å². The molecule has 1 aliphatic heterocycles. The van der Waals surface area contributed by atoms with E-state index < -0.39 is 43.8 Å². The smallest absolute Gasteiger partial charge is 0.330 e. The van der Waals surface area contributed by atoms with Crippen LogP contribution in [-0.4, -0.2) is 65.9 Å². The molecule has 0 radical (unpaired) electrons. The van der Waals surface area contributed by atoms with Gasteiger partial charge < -0.3 is 28.0 Å². The van der Waals surface area contributed by atoms with E-state index in [1.54, 1.807) is 32.4 Å². The maximum atomic E-state index is 13.7. The number of rotatable bonds is 17. The Kier molecular flexibility index (Phi) is 13.9. The number of hydrogen-bond donors (Lipinski definition) is 1. The summed E-state index contributed by atoms with van der Waals surface area (Å²) < 4.78 is 42.0. The van der Waals surface area contributed by atoms with Crippen LogP contribution < -0.4 is 20.7 Å². The number of aromatic amines is 1. The number of halogens is 1. The Morgan fingerprint density at radius 3 is 2.07 bits per heavy atom. The first kappa shape index (κ1) is 42.0.